The number of amides is 1. The first-order chi connectivity index (χ1) is 5.65. The number of nitrogens with one attached hydrogen (secondary N) is 1. The van der Waals surface area contributed by atoms with Crippen LogP contribution in [0.15, 0.2) is 0 Å². The zero-order chi connectivity index (χ0) is 9.14. The largest absolute Gasteiger partial charge is 0.341 e. The maximum absolute atomic E-state index is 11.3. The molecule has 0 radical (unpaired) electrons. The molecule has 4 heteroatoms. The topological polar surface area (TPSA) is 32.3 Å². The van der Waals surface area contributed by atoms with Crippen molar-refractivity contribution in [2.75, 3.05) is 19.6 Å². The monoisotopic (exact) mass is 282 g/mol. The van der Waals surface area contributed by atoms with Gasteiger partial charge >= 0.3 is 0 Å². The van der Waals surface area contributed by atoms with E-state index in [2.05, 4.69) is 17.4 Å². The summed E-state index contributed by atoms with van der Waals surface area (Å²) in [5, 5.41) is 0. The van der Waals surface area contributed by atoms with Crippen molar-refractivity contribution in [3.8, 4) is 0 Å². The normalized spacial score (nSPS) is 18.2. The Morgan fingerprint density at radius 1 is 1.67 bits per heavy atom. The molecule has 3 nitrogen and oxygen atoms in total. The van der Waals surface area contributed by atoms with E-state index in [0.717, 1.165) is 19.0 Å². The molecule has 12 heavy (non-hydrogen) atoms. The van der Waals surface area contributed by atoms with Crippen LogP contribution < -0.4 is 3.53 Å². The van der Waals surface area contributed by atoms with Crippen molar-refractivity contribution in [1.82, 2.24) is 8.43 Å². The Morgan fingerprint density at radius 2 is 2.25 bits per heavy atom. The van der Waals surface area contributed by atoms with Crippen molar-refractivity contribution >= 4 is 28.8 Å². The van der Waals surface area contributed by atoms with Crippen LogP contribution in [-0.4, -0.2) is 30.4 Å². The summed E-state index contributed by atoms with van der Waals surface area (Å²) < 4.78 is 2.84. The average Bonchev–Trinajstić information content (AvgIpc) is 1.82. The van der Waals surface area contributed by atoms with Gasteiger partial charge in [0.2, 0.25) is 5.91 Å². The van der Waals surface area contributed by atoms with Gasteiger partial charge in [0, 0.05) is 36.0 Å². The Labute approximate surface area is 87.4 Å². The van der Waals surface area contributed by atoms with Crippen molar-refractivity contribution in [3.63, 3.8) is 0 Å². The Morgan fingerprint density at radius 3 is 2.67 bits per heavy atom. The molecular formula is C8H15IN2O. The molecule has 0 spiro atoms. The first-order valence-electron chi connectivity index (χ1n) is 4.26. The summed E-state index contributed by atoms with van der Waals surface area (Å²) in [5.74, 6) is 1.66. The Balaban J connectivity index is 2.20. The third kappa shape index (κ3) is 2.32. The molecule has 1 amide bonds. The van der Waals surface area contributed by atoms with E-state index in [1.54, 1.807) is 0 Å². The average molecular weight is 282 g/mol. The third-order valence-electron chi connectivity index (χ3n) is 2.42. The second-order valence-corrected chi connectivity index (χ2v) is 4.38. The molecule has 0 aliphatic carbocycles. The van der Waals surface area contributed by atoms with Crippen LogP contribution in [0.5, 0.6) is 0 Å². The third-order valence-corrected chi connectivity index (χ3v) is 2.80. The van der Waals surface area contributed by atoms with Crippen LogP contribution in [0.1, 0.15) is 13.8 Å². The molecule has 1 aliphatic heterocycles. The fraction of sp³-hybridized carbons (Fsp3) is 0.875. The highest BCUT2D eigenvalue weighted by Gasteiger charge is 2.31. The molecular weight excluding hydrogens is 267 g/mol. The molecule has 0 atom stereocenters. The SMILES string of the molecule is CC(C)C1CN(C(=O)CNI)C1. The molecule has 0 unspecified atom stereocenters. The van der Waals surface area contributed by atoms with E-state index in [1.807, 2.05) is 27.8 Å². The highest BCUT2D eigenvalue weighted by atomic mass is 127. The number of carbonyl (C=O) groups excluding carboxylic acids is 1. The summed E-state index contributed by atoms with van der Waals surface area (Å²) in [4.78, 5) is 13.2. The van der Waals surface area contributed by atoms with Gasteiger partial charge < -0.3 is 4.90 Å². The zero-order valence-electron chi connectivity index (χ0n) is 7.51. The molecule has 70 valence electrons. The quantitative estimate of drug-likeness (QED) is 0.619. The summed E-state index contributed by atoms with van der Waals surface area (Å²) in [5.41, 5.74) is 0. The van der Waals surface area contributed by atoms with E-state index in [-0.39, 0.29) is 5.91 Å². The number of likely N-dealkylation sites (tertiary alicyclic amines) is 1. The minimum atomic E-state index is 0.223. The van der Waals surface area contributed by atoms with Gasteiger partial charge in [-0.05, 0) is 11.8 Å². The fourth-order valence-corrected chi connectivity index (χ4v) is 1.63. The summed E-state index contributed by atoms with van der Waals surface area (Å²) >= 11 is 2.00. The van der Waals surface area contributed by atoms with Gasteiger partial charge in [0.05, 0.1) is 6.54 Å². The summed E-state index contributed by atoms with van der Waals surface area (Å²) in [6.45, 7) is 6.79. The van der Waals surface area contributed by atoms with E-state index in [1.165, 1.54) is 0 Å². The molecule has 1 rings (SSSR count). The van der Waals surface area contributed by atoms with E-state index >= 15 is 0 Å². The molecule has 0 bridgehead atoms. The minimum Gasteiger partial charge on any atom is -0.341 e. The highest BCUT2D eigenvalue weighted by Crippen LogP contribution is 2.22. The molecule has 1 heterocycles. The predicted octanol–water partition coefficient (Wildman–Crippen LogP) is 1.04. The second kappa shape index (κ2) is 4.41. The van der Waals surface area contributed by atoms with Crippen LogP contribution in [0, 0.1) is 11.8 Å². The molecule has 0 aromatic heterocycles. The van der Waals surface area contributed by atoms with Crippen LogP contribution in [0.2, 0.25) is 0 Å². The highest BCUT2D eigenvalue weighted by molar-refractivity contribution is 14.1. The van der Waals surface area contributed by atoms with Crippen LogP contribution in [0.3, 0.4) is 0 Å². The van der Waals surface area contributed by atoms with Crippen LogP contribution in [-0.2, 0) is 4.79 Å². The maximum Gasteiger partial charge on any atom is 0.237 e. The number of nitrogens with zero attached hydrogens (tertiary/aromatic N) is 1. The molecule has 1 aliphatic rings. The van der Waals surface area contributed by atoms with E-state index in [4.69, 9.17) is 0 Å². The van der Waals surface area contributed by atoms with Gasteiger partial charge in [-0.3, -0.25) is 8.32 Å². The number of rotatable bonds is 3. The Hall–Kier alpha value is 0.160. The molecule has 0 aromatic carbocycles. The number of carbonyl (C=O) groups is 1. The van der Waals surface area contributed by atoms with Gasteiger partial charge in [-0.2, -0.15) is 0 Å². The zero-order valence-corrected chi connectivity index (χ0v) is 9.67. The van der Waals surface area contributed by atoms with Gasteiger partial charge in [-0.25, -0.2) is 0 Å². The molecule has 1 fully saturated rings. The van der Waals surface area contributed by atoms with Crippen molar-refractivity contribution in [2.24, 2.45) is 11.8 Å². The van der Waals surface area contributed by atoms with Crippen LogP contribution in [0.4, 0.5) is 0 Å². The molecule has 0 saturated carbocycles. The smallest absolute Gasteiger partial charge is 0.237 e. The number of hydrogen-bond acceptors (Lipinski definition) is 2. The summed E-state index contributed by atoms with van der Waals surface area (Å²) in [7, 11) is 0. The lowest BCUT2D eigenvalue weighted by atomic mass is 9.88. The van der Waals surface area contributed by atoms with E-state index < -0.39 is 0 Å². The first-order valence-corrected chi connectivity index (χ1v) is 5.34. The van der Waals surface area contributed by atoms with Crippen LogP contribution in [0.25, 0.3) is 0 Å². The van der Waals surface area contributed by atoms with Crippen molar-refractivity contribution in [2.45, 2.75) is 13.8 Å². The number of hydrogen-bond donors (Lipinski definition) is 1. The van der Waals surface area contributed by atoms with Gasteiger partial charge in [-0.1, -0.05) is 13.8 Å². The van der Waals surface area contributed by atoms with Gasteiger partial charge in [-0.15, -0.1) is 0 Å². The lowest BCUT2D eigenvalue weighted by molar-refractivity contribution is -0.137. The van der Waals surface area contributed by atoms with Crippen LogP contribution >= 0.6 is 22.9 Å². The van der Waals surface area contributed by atoms with Crippen molar-refractivity contribution in [3.05, 3.63) is 0 Å². The lowest BCUT2D eigenvalue weighted by Gasteiger charge is -2.41. The molecule has 0 aromatic rings. The molecule has 1 N–H and O–H groups in total. The van der Waals surface area contributed by atoms with E-state index in [9.17, 15) is 4.79 Å². The minimum absolute atomic E-state index is 0.223. The van der Waals surface area contributed by atoms with E-state index in [0.29, 0.717) is 12.5 Å². The Bertz CT molecular complexity index is 166. The standard InChI is InChI=1S/C8H15IN2O/c1-6(2)7-4-11(5-7)8(12)3-10-9/h6-7,10H,3-5H2,1-2H3. The second-order valence-electron chi connectivity index (χ2n) is 3.61. The maximum atomic E-state index is 11.3. The van der Waals surface area contributed by atoms with Gasteiger partial charge in [0.15, 0.2) is 0 Å². The van der Waals surface area contributed by atoms with Gasteiger partial charge in [0.1, 0.15) is 0 Å². The van der Waals surface area contributed by atoms with Crippen molar-refractivity contribution < 1.29 is 4.79 Å². The number of halogens is 1. The van der Waals surface area contributed by atoms with Gasteiger partial charge in [0.25, 0.3) is 0 Å². The fourth-order valence-electron chi connectivity index (χ4n) is 1.31. The Kier molecular flexibility index (Phi) is 3.77. The lowest BCUT2D eigenvalue weighted by Crippen LogP contribution is -2.53. The predicted molar refractivity (Wildman–Crippen MR) is 56.9 cm³/mol. The van der Waals surface area contributed by atoms with Crippen molar-refractivity contribution in [1.29, 1.82) is 0 Å². The summed E-state index contributed by atoms with van der Waals surface area (Å²) in [6, 6.07) is 0. The molecule has 1 saturated heterocycles. The summed E-state index contributed by atoms with van der Waals surface area (Å²) in [6.07, 6.45) is 0. The first kappa shape index (κ1) is 10.2.